The molecule has 0 fully saturated rings. The second-order valence-electron chi connectivity index (χ2n) is 3.96. The third-order valence-corrected chi connectivity index (χ3v) is 3.00. The quantitative estimate of drug-likeness (QED) is 0.885. The molecule has 106 valence electrons. The molecule has 1 aromatic heterocycles. The maximum absolute atomic E-state index is 12.7. The molecule has 8 heteroatoms. The van der Waals surface area contributed by atoms with E-state index in [0.717, 1.165) is 4.47 Å². The van der Waals surface area contributed by atoms with Gasteiger partial charge in [0.05, 0.1) is 0 Å². The van der Waals surface area contributed by atoms with Crippen molar-refractivity contribution < 1.29 is 27.5 Å². The molecule has 0 radical (unpaired) electrons. The number of aromatic carboxylic acids is 1. The van der Waals surface area contributed by atoms with Crippen molar-refractivity contribution in [2.75, 3.05) is 0 Å². The molecule has 2 aromatic rings. The number of nitrogens with zero attached hydrogens (tertiary/aromatic N) is 1. The highest BCUT2D eigenvalue weighted by molar-refractivity contribution is 9.10. The zero-order valence-corrected chi connectivity index (χ0v) is 11.5. The van der Waals surface area contributed by atoms with Crippen molar-refractivity contribution in [3.05, 3.63) is 39.7 Å². The van der Waals surface area contributed by atoms with Crippen LogP contribution in [-0.2, 0) is 6.18 Å². The standard InChI is InChI=1S/C12H7BrF3NO3/c1-5-4-6(13)2-3-7(5)10-17-9(12(14,15)16)8(20-10)11(18)19/h2-4H,1H3,(H,18,19). The van der Waals surface area contributed by atoms with Gasteiger partial charge in [-0.15, -0.1) is 0 Å². The zero-order chi connectivity index (χ0) is 15.1. The lowest BCUT2D eigenvalue weighted by Crippen LogP contribution is -2.11. The van der Waals surface area contributed by atoms with E-state index in [9.17, 15) is 18.0 Å². The number of carboxylic acid groups (broad SMARTS) is 1. The van der Waals surface area contributed by atoms with Gasteiger partial charge in [-0.1, -0.05) is 15.9 Å². The van der Waals surface area contributed by atoms with Crippen molar-refractivity contribution in [2.24, 2.45) is 0 Å². The van der Waals surface area contributed by atoms with Crippen molar-refractivity contribution in [1.29, 1.82) is 0 Å². The molecule has 1 heterocycles. The summed E-state index contributed by atoms with van der Waals surface area (Å²) < 4.78 is 43.6. The number of hydrogen-bond acceptors (Lipinski definition) is 3. The average Bonchev–Trinajstić information content (AvgIpc) is 2.73. The van der Waals surface area contributed by atoms with Gasteiger partial charge in [-0.3, -0.25) is 0 Å². The maximum atomic E-state index is 12.7. The van der Waals surface area contributed by atoms with Crippen LogP contribution in [0.15, 0.2) is 27.1 Å². The SMILES string of the molecule is Cc1cc(Br)ccc1-c1nc(C(F)(F)F)c(C(=O)O)o1. The van der Waals surface area contributed by atoms with Gasteiger partial charge in [-0.05, 0) is 30.7 Å². The molecule has 2 rings (SSSR count). The first-order valence-corrected chi connectivity index (χ1v) is 6.07. The lowest BCUT2D eigenvalue weighted by atomic mass is 10.1. The van der Waals surface area contributed by atoms with Gasteiger partial charge >= 0.3 is 12.1 Å². The fourth-order valence-corrected chi connectivity index (χ4v) is 2.12. The van der Waals surface area contributed by atoms with Crippen LogP contribution in [0.3, 0.4) is 0 Å². The summed E-state index contributed by atoms with van der Waals surface area (Å²) in [6.07, 6.45) is -4.89. The largest absolute Gasteiger partial charge is 0.475 e. The highest BCUT2D eigenvalue weighted by atomic mass is 79.9. The second kappa shape index (κ2) is 4.93. The Hall–Kier alpha value is -1.83. The number of aryl methyl sites for hydroxylation is 1. The summed E-state index contributed by atoms with van der Waals surface area (Å²) in [6.45, 7) is 1.65. The Morgan fingerprint density at radius 1 is 1.40 bits per heavy atom. The van der Waals surface area contributed by atoms with Gasteiger partial charge in [0.25, 0.3) is 0 Å². The van der Waals surface area contributed by atoms with Crippen LogP contribution in [0.25, 0.3) is 11.5 Å². The van der Waals surface area contributed by atoms with E-state index >= 15 is 0 Å². The zero-order valence-electron chi connectivity index (χ0n) is 9.95. The number of carboxylic acids is 1. The van der Waals surface area contributed by atoms with Crippen LogP contribution in [0.2, 0.25) is 0 Å². The molecule has 0 saturated carbocycles. The van der Waals surface area contributed by atoms with Crippen LogP contribution in [0.5, 0.6) is 0 Å². The van der Waals surface area contributed by atoms with Crippen LogP contribution < -0.4 is 0 Å². The van der Waals surface area contributed by atoms with E-state index in [2.05, 4.69) is 20.9 Å². The molecule has 0 atom stereocenters. The van der Waals surface area contributed by atoms with Gasteiger partial charge in [-0.2, -0.15) is 13.2 Å². The first-order chi connectivity index (χ1) is 9.20. The number of hydrogen-bond donors (Lipinski definition) is 1. The third kappa shape index (κ3) is 2.69. The van der Waals surface area contributed by atoms with E-state index in [1.165, 1.54) is 6.07 Å². The molecule has 0 aliphatic rings. The Morgan fingerprint density at radius 2 is 2.05 bits per heavy atom. The van der Waals surface area contributed by atoms with E-state index < -0.39 is 23.6 Å². The number of halogens is 4. The Balaban J connectivity index is 2.62. The van der Waals surface area contributed by atoms with E-state index in [1.807, 2.05) is 0 Å². The predicted octanol–water partition coefficient (Wildman–Crippen LogP) is 4.13. The van der Waals surface area contributed by atoms with Gasteiger partial charge in [0.2, 0.25) is 11.7 Å². The fraction of sp³-hybridized carbons (Fsp3) is 0.167. The topological polar surface area (TPSA) is 63.3 Å². The van der Waals surface area contributed by atoms with Crippen LogP contribution in [-0.4, -0.2) is 16.1 Å². The highest BCUT2D eigenvalue weighted by Crippen LogP contribution is 2.35. The minimum absolute atomic E-state index is 0.297. The van der Waals surface area contributed by atoms with E-state index in [4.69, 9.17) is 9.52 Å². The molecule has 0 aliphatic carbocycles. The number of rotatable bonds is 2. The summed E-state index contributed by atoms with van der Waals surface area (Å²) in [5.74, 6) is -3.40. The lowest BCUT2D eigenvalue weighted by Gasteiger charge is -2.02. The first-order valence-electron chi connectivity index (χ1n) is 5.28. The van der Waals surface area contributed by atoms with Gasteiger partial charge in [-0.25, -0.2) is 9.78 Å². The number of aromatic nitrogens is 1. The average molecular weight is 350 g/mol. The van der Waals surface area contributed by atoms with Gasteiger partial charge < -0.3 is 9.52 Å². The monoisotopic (exact) mass is 349 g/mol. The maximum Gasteiger partial charge on any atom is 0.437 e. The fourth-order valence-electron chi connectivity index (χ4n) is 1.64. The number of benzene rings is 1. The Bertz CT molecular complexity index is 679. The Morgan fingerprint density at radius 3 is 2.50 bits per heavy atom. The summed E-state index contributed by atoms with van der Waals surface area (Å²) in [5, 5.41) is 8.76. The van der Waals surface area contributed by atoms with Crippen LogP contribution >= 0.6 is 15.9 Å². The van der Waals surface area contributed by atoms with E-state index in [1.54, 1.807) is 19.1 Å². The third-order valence-electron chi connectivity index (χ3n) is 2.51. The summed E-state index contributed by atoms with van der Waals surface area (Å²) in [6, 6.07) is 4.75. The molecule has 0 saturated heterocycles. The highest BCUT2D eigenvalue weighted by Gasteiger charge is 2.41. The molecule has 0 amide bonds. The van der Waals surface area contributed by atoms with Gasteiger partial charge in [0, 0.05) is 10.0 Å². The predicted molar refractivity (Wildman–Crippen MR) is 66.3 cm³/mol. The molecule has 0 bridgehead atoms. The molecule has 0 spiro atoms. The summed E-state index contributed by atoms with van der Waals surface area (Å²) in [4.78, 5) is 14.1. The van der Waals surface area contributed by atoms with Crippen LogP contribution in [0, 0.1) is 6.92 Å². The van der Waals surface area contributed by atoms with E-state index in [-0.39, 0.29) is 5.89 Å². The molecular formula is C12H7BrF3NO3. The molecule has 1 N–H and O–H groups in total. The van der Waals surface area contributed by atoms with Crippen LogP contribution in [0.1, 0.15) is 21.8 Å². The van der Waals surface area contributed by atoms with Crippen molar-refractivity contribution in [1.82, 2.24) is 4.98 Å². The van der Waals surface area contributed by atoms with Crippen molar-refractivity contribution in [3.63, 3.8) is 0 Å². The normalized spacial score (nSPS) is 11.7. The second-order valence-corrected chi connectivity index (χ2v) is 4.87. The summed E-state index contributed by atoms with van der Waals surface area (Å²) in [7, 11) is 0. The van der Waals surface area contributed by atoms with Crippen molar-refractivity contribution in [2.45, 2.75) is 13.1 Å². The first kappa shape index (κ1) is 14.6. The Labute approximate surface area is 119 Å². The molecule has 0 aliphatic heterocycles. The summed E-state index contributed by atoms with van der Waals surface area (Å²) in [5.41, 5.74) is -0.639. The van der Waals surface area contributed by atoms with Gasteiger partial charge in [0.1, 0.15) is 0 Å². The Kier molecular flexibility index (Phi) is 3.59. The van der Waals surface area contributed by atoms with Crippen molar-refractivity contribution >= 4 is 21.9 Å². The number of oxazole rings is 1. The lowest BCUT2D eigenvalue weighted by molar-refractivity contribution is -0.141. The molecule has 1 aromatic carbocycles. The minimum atomic E-state index is -4.89. The molecule has 20 heavy (non-hydrogen) atoms. The van der Waals surface area contributed by atoms with Crippen molar-refractivity contribution in [3.8, 4) is 11.5 Å². The van der Waals surface area contributed by atoms with Crippen LogP contribution in [0.4, 0.5) is 13.2 Å². The molecule has 0 unspecified atom stereocenters. The summed E-state index contributed by atoms with van der Waals surface area (Å²) >= 11 is 3.22. The number of carbonyl (C=O) groups is 1. The van der Waals surface area contributed by atoms with E-state index in [0.29, 0.717) is 11.1 Å². The molecular weight excluding hydrogens is 343 g/mol. The smallest absolute Gasteiger partial charge is 0.437 e. The molecule has 4 nitrogen and oxygen atoms in total. The van der Waals surface area contributed by atoms with Gasteiger partial charge in [0.15, 0.2) is 5.69 Å². The number of alkyl halides is 3. The minimum Gasteiger partial charge on any atom is -0.475 e.